The van der Waals surface area contributed by atoms with E-state index in [1.54, 1.807) is 111 Å². The molecule has 10 nitrogen and oxygen atoms in total. The fourth-order valence-electron chi connectivity index (χ4n) is 5.08. The van der Waals surface area contributed by atoms with E-state index in [2.05, 4.69) is 19.9 Å². The van der Waals surface area contributed by atoms with Crippen molar-refractivity contribution in [2.75, 3.05) is 14.2 Å². The summed E-state index contributed by atoms with van der Waals surface area (Å²) in [6.45, 7) is 0. The van der Waals surface area contributed by atoms with Gasteiger partial charge < -0.3 is 29.7 Å². The van der Waals surface area contributed by atoms with Crippen molar-refractivity contribution in [1.29, 1.82) is 0 Å². The van der Waals surface area contributed by atoms with E-state index in [0.29, 0.717) is 51.8 Å². The van der Waals surface area contributed by atoms with Crippen molar-refractivity contribution in [2.45, 2.75) is 6.42 Å². The van der Waals surface area contributed by atoms with Crippen molar-refractivity contribution in [3.05, 3.63) is 129 Å². The van der Waals surface area contributed by atoms with Crippen LogP contribution < -0.4 is 20.9 Å². The Morgan fingerprint density at radius 3 is 1.36 bits per heavy atom. The lowest BCUT2D eigenvalue weighted by Gasteiger charge is -2.12. The zero-order chi connectivity index (χ0) is 31.5. The van der Waals surface area contributed by atoms with Gasteiger partial charge in [0.1, 0.15) is 23.0 Å². The Labute approximate surface area is 257 Å². The molecule has 2 aromatic heterocycles. The lowest BCUT2D eigenvalue weighted by atomic mass is 9.97. The van der Waals surface area contributed by atoms with Gasteiger partial charge in [0.25, 0.3) is 0 Å². The number of rotatable bonds is 8. The van der Waals surface area contributed by atoms with E-state index < -0.39 is 11.4 Å². The summed E-state index contributed by atoms with van der Waals surface area (Å²) in [7, 11) is 3.15. The van der Waals surface area contributed by atoms with Crippen LogP contribution >= 0.6 is 0 Å². The molecule has 224 valence electrons. The fraction of sp³-hybridized carbons (Fsp3) is 0.0857. The standard InChI is InChI=1S/C35H28N4O6/c1-44-24-9-5-22(6-10-24)28-18-30(38-34(42)36-28)26-16-20(3-13-32(26)40)15-21-4-14-33(41)27(17-21)31-19-29(37-35(43)39-31)23-7-11-25(45-2)12-8-23/h3-14,16-19,40-41H,15H2,1-2H3,(H,36,38,42)(H,37,39,43). The predicted molar refractivity (Wildman–Crippen MR) is 171 cm³/mol. The van der Waals surface area contributed by atoms with Crippen LogP contribution in [-0.4, -0.2) is 44.4 Å². The van der Waals surface area contributed by atoms with Gasteiger partial charge in [0, 0.05) is 22.3 Å². The summed E-state index contributed by atoms with van der Waals surface area (Å²) < 4.78 is 10.4. The van der Waals surface area contributed by atoms with Gasteiger partial charge >= 0.3 is 11.4 Å². The number of hydrogen-bond donors (Lipinski definition) is 4. The SMILES string of the molecule is COc1ccc(-c2cc(-c3cc(Cc4ccc(O)c(-c5cc(-c6ccc(OC)cc6)nc(=O)[nH]5)c4)ccc3O)[nH]c(=O)n2)cc1. The van der Waals surface area contributed by atoms with Crippen molar-refractivity contribution in [2.24, 2.45) is 0 Å². The molecule has 0 fully saturated rings. The van der Waals surface area contributed by atoms with E-state index in [9.17, 15) is 19.8 Å². The highest BCUT2D eigenvalue weighted by atomic mass is 16.5. The number of ether oxygens (including phenoxy) is 2. The summed E-state index contributed by atoms with van der Waals surface area (Å²) >= 11 is 0. The molecule has 45 heavy (non-hydrogen) atoms. The summed E-state index contributed by atoms with van der Waals surface area (Å²) in [6.07, 6.45) is 0.432. The van der Waals surface area contributed by atoms with Gasteiger partial charge in [-0.2, -0.15) is 9.97 Å². The average molecular weight is 601 g/mol. The molecular formula is C35H28N4O6. The van der Waals surface area contributed by atoms with Gasteiger partial charge in [-0.3, -0.25) is 0 Å². The Morgan fingerprint density at radius 1 is 0.578 bits per heavy atom. The Balaban J connectivity index is 1.32. The minimum absolute atomic E-state index is 0.00639. The van der Waals surface area contributed by atoms with Crippen LogP contribution in [0.25, 0.3) is 45.0 Å². The highest BCUT2D eigenvalue weighted by Gasteiger charge is 2.14. The van der Waals surface area contributed by atoms with Crippen LogP contribution in [0.5, 0.6) is 23.0 Å². The third kappa shape index (κ3) is 6.30. The molecule has 6 rings (SSSR count). The number of methoxy groups -OCH3 is 2. The van der Waals surface area contributed by atoms with E-state index in [0.717, 1.165) is 22.3 Å². The molecule has 0 amide bonds. The van der Waals surface area contributed by atoms with E-state index >= 15 is 0 Å². The Kier molecular flexibility index (Phi) is 7.85. The van der Waals surface area contributed by atoms with Gasteiger partial charge in [-0.05, 0) is 102 Å². The highest BCUT2D eigenvalue weighted by Crippen LogP contribution is 2.34. The molecule has 0 saturated heterocycles. The van der Waals surface area contributed by atoms with Crippen molar-refractivity contribution < 1.29 is 19.7 Å². The van der Waals surface area contributed by atoms with Gasteiger partial charge in [0.15, 0.2) is 0 Å². The van der Waals surface area contributed by atoms with E-state index in [1.807, 2.05) is 0 Å². The number of phenolic OH excluding ortho intramolecular Hbond substituents is 2. The Morgan fingerprint density at radius 2 is 0.978 bits per heavy atom. The molecular weight excluding hydrogens is 572 g/mol. The second-order valence-electron chi connectivity index (χ2n) is 10.3. The van der Waals surface area contributed by atoms with Gasteiger partial charge in [-0.15, -0.1) is 0 Å². The largest absolute Gasteiger partial charge is 0.507 e. The molecule has 0 saturated carbocycles. The lowest BCUT2D eigenvalue weighted by Crippen LogP contribution is -2.12. The van der Waals surface area contributed by atoms with Gasteiger partial charge in [0.05, 0.1) is 37.0 Å². The number of nitrogens with one attached hydrogen (secondary N) is 2. The molecule has 0 aliphatic rings. The van der Waals surface area contributed by atoms with Crippen molar-refractivity contribution >= 4 is 0 Å². The molecule has 2 heterocycles. The number of phenols is 2. The van der Waals surface area contributed by atoms with Crippen molar-refractivity contribution in [3.63, 3.8) is 0 Å². The quantitative estimate of drug-likeness (QED) is 0.178. The number of aromatic amines is 2. The molecule has 0 bridgehead atoms. The number of aromatic nitrogens is 4. The van der Waals surface area contributed by atoms with Crippen LogP contribution in [0.2, 0.25) is 0 Å². The van der Waals surface area contributed by atoms with Crippen LogP contribution in [0.3, 0.4) is 0 Å². The molecule has 0 spiro atoms. The minimum Gasteiger partial charge on any atom is -0.507 e. The first-order valence-corrected chi connectivity index (χ1v) is 14.0. The van der Waals surface area contributed by atoms with Crippen molar-refractivity contribution in [3.8, 4) is 68.0 Å². The topological polar surface area (TPSA) is 150 Å². The zero-order valence-corrected chi connectivity index (χ0v) is 24.4. The van der Waals surface area contributed by atoms with Crippen LogP contribution in [0, 0.1) is 0 Å². The third-order valence-electron chi connectivity index (χ3n) is 7.37. The molecule has 0 unspecified atom stereocenters. The summed E-state index contributed by atoms with van der Waals surface area (Å²) in [6, 6.07) is 28.0. The average Bonchev–Trinajstić information content (AvgIpc) is 3.06. The maximum absolute atomic E-state index is 12.5. The minimum atomic E-state index is -0.549. The van der Waals surface area contributed by atoms with Crippen molar-refractivity contribution in [1.82, 2.24) is 19.9 Å². The lowest BCUT2D eigenvalue weighted by molar-refractivity contribution is 0.415. The Hall–Kier alpha value is -6.16. The maximum atomic E-state index is 12.5. The fourth-order valence-corrected chi connectivity index (χ4v) is 5.08. The first-order chi connectivity index (χ1) is 21.8. The number of nitrogens with zero attached hydrogens (tertiary/aromatic N) is 2. The number of benzene rings is 4. The van der Waals surface area contributed by atoms with Gasteiger partial charge in [-0.25, -0.2) is 9.59 Å². The second-order valence-corrected chi connectivity index (χ2v) is 10.3. The van der Waals surface area contributed by atoms with Crippen LogP contribution in [-0.2, 0) is 6.42 Å². The molecule has 4 N–H and O–H groups in total. The molecule has 0 aliphatic carbocycles. The first-order valence-electron chi connectivity index (χ1n) is 14.0. The normalized spacial score (nSPS) is 10.9. The molecule has 6 aromatic rings. The van der Waals surface area contributed by atoms with E-state index in [1.165, 1.54) is 0 Å². The predicted octanol–water partition coefficient (Wildman–Crippen LogP) is 5.54. The molecule has 0 aliphatic heterocycles. The molecule has 4 aromatic carbocycles. The Bertz CT molecular complexity index is 1970. The third-order valence-corrected chi connectivity index (χ3v) is 7.37. The van der Waals surface area contributed by atoms with Gasteiger partial charge in [0.2, 0.25) is 0 Å². The van der Waals surface area contributed by atoms with E-state index in [-0.39, 0.29) is 11.5 Å². The molecule has 0 radical (unpaired) electrons. The van der Waals surface area contributed by atoms with Crippen LogP contribution in [0.4, 0.5) is 0 Å². The van der Waals surface area contributed by atoms with Crippen LogP contribution in [0.1, 0.15) is 11.1 Å². The number of H-pyrrole nitrogens is 2. The highest BCUT2D eigenvalue weighted by molar-refractivity contribution is 5.74. The smallest absolute Gasteiger partial charge is 0.345 e. The monoisotopic (exact) mass is 600 g/mol. The zero-order valence-electron chi connectivity index (χ0n) is 24.4. The molecule has 0 atom stereocenters. The summed E-state index contributed by atoms with van der Waals surface area (Å²) in [5.41, 5.74) is 4.60. The molecule has 10 heteroatoms. The van der Waals surface area contributed by atoms with E-state index in [4.69, 9.17) is 9.47 Å². The van der Waals surface area contributed by atoms with Crippen LogP contribution in [0.15, 0.2) is 107 Å². The number of aromatic hydroxyl groups is 2. The van der Waals surface area contributed by atoms with Gasteiger partial charge in [-0.1, -0.05) is 12.1 Å². The first kappa shape index (κ1) is 28.9. The summed E-state index contributed by atoms with van der Waals surface area (Å²) in [5.74, 6) is 1.35. The number of hydrogen-bond acceptors (Lipinski definition) is 8. The summed E-state index contributed by atoms with van der Waals surface area (Å²) in [5, 5.41) is 21.5. The maximum Gasteiger partial charge on any atom is 0.345 e. The second kappa shape index (κ2) is 12.2. The summed E-state index contributed by atoms with van der Waals surface area (Å²) in [4.78, 5) is 38.7.